The molecule has 0 aliphatic rings. The van der Waals surface area contributed by atoms with Crippen LogP contribution in [-0.2, 0) is 11.2 Å². The van der Waals surface area contributed by atoms with E-state index in [0.717, 1.165) is 16.9 Å². The van der Waals surface area contributed by atoms with E-state index in [1.54, 1.807) is 5.38 Å². The normalized spacial score (nSPS) is 11.5. The molecule has 1 aromatic heterocycles. The van der Waals surface area contributed by atoms with Crippen molar-refractivity contribution >= 4 is 28.7 Å². The molecule has 6 heteroatoms. The van der Waals surface area contributed by atoms with Crippen LogP contribution in [0.2, 0.25) is 0 Å². The van der Waals surface area contributed by atoms with Gasteiger partial charge in [-0.25, -0.2) is 4.98 Å². The Bertz CT molecular complexity index is 551. The number of hydrogen-bond donors (Lipinski definition) is 0. The molecule has 1 aromatic carbocycles. The van der Waals surface area contributed by atoms with Crippen LogP contribution in [0.3, 0.4) is 0 Å². The van der Waals surface area contributed by atoms with Crippen LogP contribution < -0.4 is 0 Å². The van der Waals surface area contributed by atoms with Gasteiger partial charge in [-0.15, -0.1) is 11.3 Å². The lowest BCUT2D eigenvalue weighted by atomic mass is 10.2. The number of alkyl halides is 3. The van der Waals surface area contributed by atoms with Crippen molar-refractivity contribution in [1.82, 2.24) is 4.98 Å². The van der Waals surface area contributed by atoms with Crippen LogP contribution in [0.5, 0.6) is 0 Å². The minimum atomic E-state index is -3.82. The fourth-order valence-electron chi connectivity index (χ4n) is 1.37. The van der Waals surface area contributed by atoms with E-state index in [9.17, 15) is 13.6 Å². The van der Waals surface area contributed by atoms with E-state index in [0.29, 0.717) is 10.7 Å². The quantitative estimate of drug-likeness (QED) is 0.802. The molecule has 2 aromatic rings. The second-order valence-corrected chi connectivity index (χ2v) is 5.01. The van der Waals surface area contributed by atoms with Crippen LogP contribution >= 0.6 is 22.9 Å². The highest BCUT2D eigenvalue weighted by molar-refractivity contribution is 7.10. The monoisotopic (exact) mass is 287 g/mol. The number of Topliss-reactive ketones (excluding diaryl/α,β-unsaturated/α-hetero) is 1. The smallest absolute Gasteiger partial charge is 0.291 e. The Kier molecular flexibility index (Phi) is 3.73. The Morgan fingerprint density at radius 1 is 1.33 bits per heavy atom. The molecule has 0 atom stereocenters. The minimum Gasteiger partial charge on any atom is -0.291 e. The molecule has 0 aliphatic carbocycles. The summed E-state index contributed by atoms with van der Waals surface area (Å²) in [5.41, 5.74) is 1.55. The molecule has 0 saturated carbocycles. The number of hydrogen-bond acceptors (Lipinski definition) is 3. The molecule has 0 unspecified atom stereocenters. The first-order valence-corrected chi connectivity index (χ1v) is 6.32. The Hall–Kier alpha value is -1.33. The second-order valence-electron chi connectivity index (χ2n) is 3.59. The number of carbonyl (C=O) groups is 1. The molecule has 0 fully saturated rings. The second kappa shape index (κ2) is 5.12. The van der Waals surface area contributed by atoms with Gasteiger partial charge in [-0.2, -0.15) is 8.78 Å². The van der Waals surface area contributed by atoms with Gasteiger partial charge >= 0.3 is 5.38 Å². The molecule has 0 saturated heterocycles. The lowest BCUT2D eigenvalue weighted by Crippen LogP contribution is -2.23. The van der Waals surface area contributed by atoms with Crippen molar-refractivity contribution in [1.29, 1.82) is 0 Å². The number of ketones is 1. The third-order valence-corrected chi connectivity index (χ3v) is 3.31. The van der Waals surface area contributed by atoms with Crippen molar-refractivity contribution in [2.75, 3.05) is 0 Å². The van der Waals surface area contributed by atoms with Gasteiger partial charge in [0, 0.05) is 10.9 Å². The number of aromatic nitrogens is 1. The van der Waals surface area contributed by atoms with Crippen LogP contribution in [0, 0.1) is 0 Å². The Morgan fingerprint density at radius 2 is 2.00 bits per heavy atom. The first kappa shape index (κ1) is 13.1. The molecule has 0 spiro atoms. The molecule has 2 rings (SSSR count). The number of benzene rings is 1. The maximum absolute atomic E-state index is 12.5. The van der Waals surface area contributed by atoms with Crippen LogP contribution in [0.25, 0.3) is 11.3 Å². The number of nitrogens with zero attached hydrogens (tertiary/aromatic N) is 1. The van der Waals surface area contributed by atoms with Crippen molar-refractivity contribution < 1.29 is 13.6 Å². The molecular weight excluding hydrogens is 280 g/mol. The highest BCUT2D eigenvalue weighted by Crippen LogP contribution is 2.25. The predicted molar refractivity (Wildman–Crippen MR) is 67.1 cm³/mol. The van der Waals surface area contributed by atoms with Crippen molar-refractivity contribution in [3.05, 3.63) is 40.7 Å². The fraction of sp³-hybridized carbons (Fsp3) is 0.167. The Morgan fingerprint density at radius 3 is 2.61 bits per heavy atom. The lowest BCUT2D eigenvalue weighted by molar-refractivity contribution is -0.132. The summed E-state index contributed by atoms with van der Waals surface area (Å²) >= 11 is 5.82. The van der Waals surface area contributed by atoms with Crippen molar-refractivity contribution in [2.45, 2.75) is 11.8 Å². The molecule has 18 heavy (non-hydrogen) atoms. The summed E-state index contributed by atoms with van der Waals surface area (Å²) in [7, 11) is 0. The minimum absolute atomic E-state index is 0.333. The largest absolute Gasteiger partial charge is 0.380 e. The first-order valence-electron chi connectivity index (χ1n) is 5.06. The number of halogens is 3. The third-order valence-electron chi connectivity index (χ3n) is 2.25. The zero-order chi connectivity index (χ0) is 13.2. The van der Waals surface area contributed by atoms with E-state index >= 15 is 0 Å². The van der Waals surface area contributed by atoms with Crippen LogP contribution in [0.4, 0.5) is 8.78 Å². The van der Waals surface area contributed by atoms with E-state index in [4.69, 9.17) is 0 Å². The molecule has 2 nitrogen and oxygen atoms in total. The summed E-state index contributed by atoms with van der Waals surface area (Å²) in [6, 6.07) is 9.29. The van der Waals surface area contributed by atoms with Crippen molar-refractivity contribution in [2.24, 2.45) is 0 Å². The van der Waals surface area contributed by atoms with Gasteiger partial charge < -0.3 is 0 Å². The molecular formula is C12H8ClF2NOS. The van der Waals surface area contributed by atoms with Gasteiger partial charge in [0.2, 0.25) is 5.78 Å². The van der Waals surface area contributed by atoms with E-state index in [-0.39, 0.29) is 0 Å². The van der Waals surface area contributed by atoms with Crippen LogP contribution in [-0.4, -0.2) is 16.1 Å². The highest BCUT2D eigenvalue weighted by Gasteiger charge is 2.35. The molecule has 0 radical (unpaired) electrons. The molecule has 1 heterocycles. The Balaban J connectivity index is 2.15. The van der Waals surface area contributed by atoms with Gasteiger partial charge in [0.15, 0.2) is 0 Å². The van der Waals surface area contributed by atoms with Gasteiger partial charge in [-0.3, -0.25) is 4.79 Å². The van der Waals surface area contributed by atoms with Gasteiger partial charge in [-0.05, 0) is 11.6 Å². The third kappa shape index (κ3) is 3.11. The van der Waals surface area contributed by atoms with Crippen LogP contribution in [0.1, 0.15) is 5.01 Å². The molecule has 0 bridgehead atoms. The lowest BCUT2D eigenvalue weighted by Gasteiger charge is -2.03. The Labute approximate surface area is 111 Å². The summed E-state index contributed by atoms with van der Waals surface area (Å²) in [6.45, 7) is 0. The van der Waals surface area contributed by atoms with Gasteiger partial charge in [0.1, 0.15) is 5.01 Å². The van der Waals surface area contributed by atoms with Gasteiger partial charge in [-0.1, -0.05) is 30.3 Å². The zero-order valence-corrected chi connectivity index (χ0v) is 10.6. The molecule has 94 valence electrons. The molecule has 0 amide bonds. The average Bonchev–Trinajstić information content (AvgIpc) is 2.77. The highest BCUT2D eigenvalue weighted by atomic mass is 35.5. The summed E-state index contributed by atoms with van der Waals surface area (Å²) in [6.07, 6.45) is -0.450. The summed E-state index contributed by atoms with van der Waals surface area (Å²) in [5.74, 6) is -1.34. The maximum Gasteiger partial charge on any atom is 0.380 e. The summed E-state index contributed by atoms with van der Waals surface area (Å²) in [4.78, 5) is 15.2. The SMILES string of the molecule is O=C(Cc1nc(-c2ccccc2)cs1)C(F)(F)Cl. The van der Waals surface area contributed by atoms with E-state index in [1.807, 2.05) is 30.3 Å². The zero-order valence-electron chi connectivity index (χ0n) is 9.07. The summed E-state index contributed by atoms with van der Waals surface area (Å²) in [5, 5.41) is -1.76. The summed E-state index contributed by atoms with van der Waals surface area (Å²) < 4.78 is 25.0. The van der Waals surface area contributed by atoms with Crippen molar-refractivity contribution in [3.63, 3.8) is 0 Å². The number of rotatable bonds is 4. The average molecular weight is 288 g/mol. The van der Waals surface area contributed by atoms with Gasteiger partial charge in [0.25, 0.3) is 0 Å². The fourth-order valence-corrected chi connectivity index (χ4v) is 2.24. The number of thiazole rings is 1. The predicted octanol–water partition coefficient (Wildman–Crippen LogP) is 3.75. The first-order chi connectivity index (χ1) is 8.47. The van der Waals surface area contributed by atoms with Crippen molar-refractivity contribution in [3.8, 4) is 11.3 Å². The topological polar surface area (TPSA) is 30.0 Å². The number of carbonyl (C=O) groups excluding carboxylic acids is 1. The van der Waals surface area contributed by atoms with E-state index in [2.05, 4.69) is 16.6 Å². The standard InChI is InChI=1S/C12H8ClF2NOS/c13-12(14,15)10(17)6-11-16-9(7-18-11)8-4-2-1-3-5-8/h1-5,7H,6H2. The van der Waals surface area contributed by atoms with E-state index in [1.165, 1.54) is 0 Å². The van der Waals surface area contributed by atoms with E-state index < -0.39 is 17.6 Å². The van der Waals surface area contributed by atoms with Gasteiger partial charge in [0.05, 0.1) is 12.1 Å². The maximum atomic E-state index is 12.5. The van der Waals surface area contributed by atoms with Crippen LogP contribution in [0.15, 0.2) is 35.7 Å². The molecule has 0 aliphatic heterocycles. The molecule has 0 N–H and O–H groups in total.